The van der Waals surface area contributed by atoms with E-state index >= 15 is 0 Å². The van der Waals surface area contributed by atoms with Crippen LogP contribution in [0, 0.1) is 0 Å². The quantitative estimate of drug-likeness (QED) is 0.434. The highest BCUT2D eigenvalue weighted by atomic mass is 28.4. The SMILES string of the molecule is CCOCCN(C)CCOC[Si](C)(C)O[Si](C)(C)C. The molecule has 0 atom stereocenters. The summed E-state index contributed by atoms with van der Waals surface area (Å²) in [5, 5.41) is 0. The van der Waals surface area contributed by atoms with Gasteiger partial charge in [-0.25, -0.2) is 0 Å². The normalized spacial score (nSPS) is 13.3. The fraction of sp³-hybridized carbons (Fsp3) is 1.00. The second kappa shape index (κ2) is 9.25. The van der Waals surface area contributed by atoms with Crippen molar-refractivity contribution in [3.63, 3.8) is 0 Å². The van der Waals surface area contributed by atoms with Crippen LogP contribution in [-0.2, 0) is 13.6 Å². The number of rotatable bonds is 11. The van der Waals surface area contributed by atoms with Gasteiger partial charge >= 0.3 is 0 Å². The molecule has 0 heterocycles. The molecule has 0 aliphatic carbocycles. The first kappa shape index (κ1) is 19.3. The summed E-state index contributed by atoms with van der Waals surface area (Å²) in [5.41, 5.74) is 0. The van der Waals surface area contributed by atoms with Crippen LogP contribution in [0.5, 0.6) is 0 Å². The van der Waals surface area contributed by atoms with Gasteiger partial charge in [0.2, 0.25) is 0 Å². The van der Waals surface area contributed by atoms with Crippen LogP contribution in [0.25, 0.3) is 0 Å². The summed E-state index contributed by atoms with van der Waals surface area (Å²) in [4.78, 5) is 2.24. The van der Waals surface area contributed by atoms with E-state index in [1.165, 1.54) is 0 Å². The molecule has 0 bridgehead atoms. The van der Waals surface area contributed by atoms with Crippen molar-refractivity contribution in [2.24, 2.45) is 0 Å². The van der Waals surface area contributed by atoms with E-state index in [0.717, 1.165) is 39.1 Å². The standard InChI is InChI=1S/C13H33NO3Si2/c1-8-15-11-9-14(2)10-12-16-13-19(6,7)17-18(3,4)5/h8-13H2,1-7H3. The van der Waals surface area contributed by atoms with E-state index in [4.69, 9.17) is 13.6 Å². The Morgan fingerprint density at radius 2 is 1.42 bits per heavy atom. The van der Waals surface area contributed by atoms with Gasteiger partial charge in [-0.3, -0.25) is 0 Å². The van der Waals surface area contributed by atoms with E-state index in [1.54, 1.807) is 0 Å². The van der Waals surface area contributed by atoms with Gasteiger partial charge in [0.15, 0.2) is 16.6 Å². The Kier molecular flexibility index (Phi) is 9.39. The fourth-order valence-electron chi connectivity index (χ4n) is 1.87. The summed E-state index contributed by atoms with van der Waals surface area (Å²) in [6, 6.07) is 0. The van der Waals surface area contributed by atoms with Crippen LogP contribution < -0.4 is 0 Å². The van der Waals surface area contributed by atoms with Gasteiger partial charge in [-0.15, -0.1) is 0 Å². The van der Waals surface area contributed by atoms with E-state index in [-0.39, 0.29) is 0 Å². The molecule has 4 nitrogen and oxygen atoms in total. The van der Waals surface area contributed by atoms with Crippen molar-refractivity contribution in [1.29, 1.82) is 0 Å². The molecule has 0 saturated carbocycles. The lowest BCUT2D eigenvalue weighted by molar-refractivity contribution is 0.0991. The Labute approximate surface area is 121 Å². The van der Waals surface area contributed by atoms with Gasteiger partial charge in [-0.05, 0) is 46.7 Å². The molecular formula is C13H33NO3Si2. The summed E-state index contributed by atoms with van der Waals surface area (Å²) in [5.74, 6) is 0. The first-order valence-electron chi connectivity index (χ1n) is 7.20. The number of hydrogen-bond donors (Lipinski definition) is 0. The largest absolute Gasteiger partial charge is 0.454 e. The van der Waals surface area contributed by atoms with E-state index in [0.29, 0.717) is 0 Å². The van der Waals surface area contributed by atoms with Crippen LogP contribution >= 0.6 is 0 Å². The predicted octanol–water partition coefficient (Wildman–Crippen LogP) is 2.57. The maximum absolute atomic E-state index is 6.23. The molecular weight excluding hydrogens is 274 g/mol. The molecule has 6 heteroatoms. The Bertz CT molecular complexity index is 232. The van der Waals surface area contributed by atoms with Crippen molar-refractivity contribution in [3.05, 3.63) is 0 Å². The number of hydrogen-bond acceptors (Lipinski definition) is 4. The minimum atomic E-state index is -1.65. The molecule has 0 rings (SSSR count). The third-order valence-electron chi connectivity index (χ3n) is 2.47. The van der Waals surface area contributed by atoms with Crippen molar-refractivity contribution < 1.29 is 13.6 Å². The molecule has 0 N–H and O–H groups in total. The van der Waals surface area contributed by atoms with Gasteiger partial charge in [0.25, 0.3) is 0 Å². The van der Waals surface area contributed by atoms with Gasteiger partial charge in [-0.2, -0.15) is 0 Å². The van der Waals surface area contributed by atoms with Gasteiger partial charge in [0, 0.05) is 19.7 Å². The number of ether oxygens (including phenoxy) is 2. The molecule has 0 saturated heterocycles. The summed E-state index contributed by atoms with van der Waals surface area (Å²) < 4.78 is 17.4. The van der Waals surface area contributed by atoms with E-state index < -0.39 is 16.6 Å². The molecule has 0 amide bonds. The smallest absolute Gasteiger partial charge is 0.199 e. The lowest BCUT2D eigenvalue weighted by atomic mass is 10.5. The van der Waals surface area contributed by atoms with Gasteiger partial charge < -0.3 is 18.5 Å². The van der Waals surface area contributed by atoms with Crippen molar-refractivity contribution in [1.82, 2.24) is 4.90 Å². The lowest BCUT2D eigenvalue weighted by Gasteiger charge is -2.31. The van der Waals surface area contributed by atoms with Crippen molar-refractivity contribution in [2.75, 3.05) is 46.2 Å². The molecule has 0 aromatic carbocycles. The second-order valence-electron chi connectivity index (χ2n) is 6.53. The maximum Gasteiger partial charge on any atom is 0.199 e. The van der Waals surface area contributed by atoms with Gasteiger partial charge in [0.1, 0.15) is 0 Å². The van der Waals surface area contributed by atoms with Crippen molar-refractivity contribution in [3.8, 4) is 0 Å². The van der Waals surface area contributed by atoms with Gasteiger partial charge in [0.05, 0.1) is 19.4 Å². The summed E-state index contributed by atoms with van der Waals surface area (Å²) >= 11 is 0. The Balaban J connectivity index is 3.67. The Morgan fingerprint density at radius 3 is 1.89 bits per heavy atom. The highest BCUT2D eigenvalue weighted by Crippen LogP contribution is 2.14. The zero-order valence-electron chi connectivity index (χ0n) is 13.9. The highest BCUT2D eigenvalue weighted by Gasteiger charge is 2.29. The summed E-state index contributed by atoms with van der Waals surface area (Å²) in [7, 11) is -0.987. The molecule has 0 spiro atoms. The van der Waals surface area contributed by atoms with E-state index in [2.05, 4.69) is 44.7 Å². The topological polar surface area (TPSA) is 30.9 Å². The molecule has 0 aliphatic rings. The zero-order valence-corrected chi connectivity index (χ0v) is 15.9. The molecule has 116 valence electrons. The summed E-state index contributed by atoms with van der Waals surface area (Å²) in [6.07, 6.45) is 0.788. The second-order valence-corrected chi connectivity index (χ2v) is 15.4. The molecule has 0 fully saturated rings. The molecule has 0 radical (unpaired) electrons. The average molecular weight is 308 g/mol. The fourth-order valence-corrected chi connectivity index (χ4v) is 9.38. The number of nitrogens with zero attached hydrogens (tertiary/aromatic N) is 1. The first-order chi connectivity index (χ1) is 8.66. The minimum absolute atomic E-state index is 0.772. The minimum Gasteiger partial charge on any atom is -0.454 e. The zero-order chi connectivity index (χ0) is 14.9. The van der Waals surface area contributed by atoms with Crippen LogP contribution in [0.4, 0.5) is 0 Å². The first-order valence-corrected chi connectivity index (χ1v) is 13.7. The summed E-state index contributed by atoms with van der Waals surface area (Å²) in [6.45, 7) is 17.5. The van der Waals surface area contributed by atoms with Crippen LogP contribution in [0.15, 0.2) is 0 Å². The molecule has 0 aliphatic heterocycles. The van der Waals surface area contributed by atoms with Crippen LogP contribution in [-0.4, -0.2) is 67.7 Å². The number of likely N-dealkylation sites (N-methyl/N-ethyl adjacent to an activating group) is 1. The highest BCUT2D eigenvalue weighted by molar-refractivity contribution is 6.84. The molecule has 19 heavy (non-hydrogen) atoms. The monoisotopic (exact) mass is 307 g/mol. The van der Waals surface area contributed by atoms with E-state index in [9.17, 15) is 0 Å². The third kappa shape index (κ3) is 13.0. The maximum atomic E-state index is 6.23. The average Bonchev–Trinajstić information content (AvgIpc) is 2.21. The van der Waals surface area contributed by atoms with Crippen LogP contribution in [0.2, 0.25) is 32.7 Å². The van der Waals surface area contributed by atoms with Crippen molar-refractivity contribution >= 4 is 16.6 Å². The van der Waals surface area contributed by atoms with Gasteiger partial charge in [-0.1, -0.05) is 0 Å². The van der Waals surface area contributed by atoms with Crippen molar-refractivity contribution in [2.45, 2.75) is 39.7 Å². The van der Waals surface area contributed by atoms with Crippen LogP contribution in [0.3, 0.4) is 0 Å². The van der Waals surface area contributed by atoms with E-state index in [1.807, 2.05) is 6.92 Å². The predicted molar refractivity (Wildman–Crippen MR) is 86.7 cm³/mol. The van der Waals surface area contributed by atoms with Crippen LogP contribution in [0.1, 0.15) is 6.92 Å². The lowest BCUT2D eigenvalue weighted by Crippen LogP contribution is -2.46. The molecule has 0 unspecified atom stereocenters. The molecule has 0 aromatic heterocycles. The third-order valence-corrected chi connectivity index (χ3v) is 8.03. The Hall–Kier alpha value is 0.274. The Morgan fingerprint density at radius 1 is 0.895 bits per heavy atom. The molecule has 0 aromatic rings.